The van der Waals surface area contributed by atoms with Gasteiger partial charge in [0.15, 0.2) is 23.1 Å². The van der Waals surface area contributed by atoms with Gasteiger partial charge in [-0.3, -0.25) is 0 Å². The SMILES string of the molecule is COc1cccc2c1OCC(Cc1ncc(F)c(N3CCOCC3)n1)C2. The number of ether oxygens (including phenoxy) is 3. The summed E-state index contributed by atoms with van der Waals surface area (Å²) in [6.07, 6.45) is 2.78. The van der Waals surface area contributed by atoms with Crippen LogP contribution in [-0.4, -0.2) is 50.0 Å². The van der Waals surface area contributed by atoms with Gasteiger partial charge in [-0.2, -0.15) is 0 Å². The summed E-state index contributed by atoms with van der Waals surface area (Å²) in [7, 11) is 1.64. The van der Waals surface area contributed by atoms with Crippen molar-refractivity contribution >= 4 is 5.82 Å². The molecule has 2 aliphatic rings. The average molecular weight is 359 g/mol. The van der Waals surface area contributed by atoms with Crippen molar-refractivity contribution in [2.45, 2.75) is 12.8 Å². The lowest BCUT2D eigenvalue weighted by Gasteiger charge is -2.29. The Morgan fingerprint density at radius 1 is 1.31 bits per heavy atom. The number of fused-ring (bicyclic) bond motifs is 1. The molecule has 26 heavy (non-hydrogen) atoms. The van der Waals surface area contributed by atoms with Crippen LogP contribution in [0, 0.1) is 11.7 Å². The van der Waals surface area contributed by atoms with E-state index < -0.39 is 0 Å². The van der Waals surface area contributed by atoms with Gasteiger partial charge in [-0.15, -0.1) is 0 Å². The number of para-hydroxylation sites is 1. The van der Waals surface area contributed by atoms with Gasteiger partial charge in [-0.1, -0.05) is 12.1 Å². The van der Waals surface area contributed by atoms with E-state index in [9.17, 15) is 4.39 Å². The molecule has 0 bridgehead atoms. The first-order valence-corrected chi connectivity index (χ1v) is 8.87. The Morgan fingerprint density at radius 3 is 2.96 bits per heavy atom. The number of methoxy groups -OCH3 is 1. The van der Waals surface area contributed by atoms with Crippen LogP contribution in [-0.2, 0) is 17.6 Å². The van der Waals surface area contributed by atoms with Crippen molar-refractivity contribution in [1.29, 1.82) is 0 Å². The van der Waals surface area contributed by atoms with Gasteiger partial charge in [0.05, 0.1) is 33.1 Å². The van der Waals surface area contributed by atoms with Gasteiger partial charge in [0.1, 0.15) is 5.82 Å². The minimum atomic E-state index is -0.384. The molecule has 138 valence electrons. The van der Waals surface area contributed by atoms with Crippen molar-refractivity contribution in [2.24, 2.45) is 5.92 Å². The van der Waals surface area contributed by atoms with Gasteiger partial charge in [0.25, 0.3) is 0 Å². The van der Waals surface area contributed by atoms with Crippen molar-refractivity contribution in [2.75, 3.05) is 44.9 Å². The Balaban J connectivity index is 1.49. The Bertz CT molecular complexity index is 781. The summed E-state index contributed by atoms with van der Waals surface area (Å²) in [6.45, 7) is 3.04. The summed E-state index contributed by atoms with van der Waals surface area (Å²) in [5, 5.41) is 0. The van der Waals surface area contributed by atoms with Crippen molar-refractivity contribution in [3.8, 4) is 11.5 Å². The quantitative estimate of drug-likeness (QED) is 0.835. The molecular weight excluding hydrogens is 337 g/mol. The van der Waals surface area contributed by atoms with E-state index in [0.29, 0.717) is 51.0 Å². The highest BCUT2D eigenvalue weighted by Crippen LogP contribution is 2.36. The van der Waals surface area contributed by atoms with Gasteiger partial charge in [-0.05, 0) is 18.1 Å². The van der Waals surface area contributed by atoms with E-state index >= 15 is 0 Å². The van der Waals surface area contributed by atoms with E-state index in [0.717, 1.165) is 23.5 Å². The zero-order valence-electron chi connectivity index (χ0n) is 14.8. The number of benzene rings is 1. The van der Waals surface area contributed by atoms with Crippen LogP contribution in [0.25, 0.3) is 0 Å². The maximum atomic E-state index is 14.2. The van der Waals surface area contributed by atoms with Crippen LogP contribution in [0.5, 0.6) is 11.5 Å². The summed E-state index contributed by atoms with van der Waals surface area (Å²) in [4.78, 5) is 10.6. The van der Waals surface area contributed by atoms with Crippen molar-refractivity contribution in [1.82, 2.24) is 9.97 Å². The highest BCUT2D eigenvalue weighted by atomic mass is 19.1. The summed E-state index contributed by atoms with van der Waals surface area (Å²) in [5.41, 5.74) is 1.12. The summed E-state index contributed by atoms with van der Waals surface area (Å²) in [5.74, 6) is 2.46. The molecule has 0 spiro atoms. The fraction of sp³-hybridized carbons (Fsp3) is 0.474. The highest BCUT2D eigenvalue weighted by Gasteiger charge is 2.25. The van der Waals surface area contributed by atoms with Gasteiger partial charge >= 0.3 is 0 Å². The third kappa shape index (κ3) is 3.44. The van der Waals surface area contributed by atoms with Crippen LogP contribution < -0.4 is 14.4 Å². The second-order valence-corrected chi connectivity index (χ2v) is 6.59. The van der Waals surface area contributed by atoms with Crippen molar-refractivity contribution < 1.29 is 18.6 Å². The molecule has 1 fully saturated rings. The Morgan fingerprint density at radius 2 is 2.15 bits per heavy atom. The highest BCUT2D eigenvalue weighted by molar-refractivity contribution is 5.48. The van der Waals surface area contributed by atoms with Gasteiger partial charge in [0.2, 0.25) is 0 Å². The van der Waals surface area contributed by atoms with Gasteiger partial charge in [-0.25, -0.2) is 14.4 Å². The number of halogens is 1. The lowest BCUT2D eigenvalue weighted by molar-refractivity contribution is 0.122. The maximum Gasteiger partial charge on any atom is 0.183 e. The minimum Gasteiger partial charge on any atom is -0.493 e. The predicted molar refractivity (Wildman–Crippen MR) is 94.4 cm³/mol. The second kappa shape index (κ2) is 7.45. The standard InChI is InChI=1S/C19H22FN3O3/c1-24-16-4-2-3-14-9-13(12-26-18(14)16)10-17-21-11-15(20)19(22-17)23-5-7-25-8-6-23/h2-4,11,13H,5-10,12H2,1H3. The van der Waals surface area contributed by atoms with Crippen LogP contribution in [0.1, 0.15) is 11.4 Å². The van der Waals surface area contributed by atoms with Gasteiger partial charge in [0, 0.05) is 25.4 Å². The van der Waals surface area contributed by atoms with E-state index in [2.05, 4.69) is 16.0 Å². The van der Waals surface area contributed by atoms with Crippen LogP contribution in [0.3, 0.4) is 0 Å². The van der Waals surface area contributed by atoms with Crippen LogP contribution in [0.15, 0.2) is 24.4 Å². The zero-order chi connectivity index (χ0) is 17.9. The van der Waals surface area contributed by atoms with E-state index in [4.69, 9.17) is 14.2 Å². The topological polar surface area (TPSA) is 56.7 Å². The fourth-order valence-electron chi connectivity index (χ4n) is 3.50. The molecule has 2 aromatic rings. The number of hydrogen-bond acceptors (Lipinski definition) is 6. The monoisotopic (exact) mass is 359 g/mol. The molecule has 7 heteroatoms. The number of aromatic nitrogens is 2. The van der Waals surface area contributed by atoms with Crippen LogP contribution in [0.2, 0.25) is 0 Å². The molecule has 1 aromatic heterocycles. The van der Waals surface area contributed by atoms with Crippen molar-refractivity contribution in [3.63, 3.8) is 0 Å². The molecule has 1 aromatic carbocycles. The molecule has 0 amide bonds. The molecule has 1 unspecified atom stereocenters. The fourth-order valence-corrected chi connectivity index (χ4v) is 3.50. The first kappa shape index (κ1) is 17.0. The van der Waals surface area contributed by atoms with Gasteiger partial charge < -0.3 is 19.1 Å². The van der Waals surface area contributed by atoms with Crippen LogP contribution >= 0.6 is 0 Å². The van der Waals surface area contributed by atoms with E-state index in [1.807, 2.05) is 17.0 Å². The molecule has 0 N–H and O–H groups in total. The summed E-state index contributed by atoms with van der Waals surface area (Å²) < 4.78 is 30.8. The molecule has 6 nitrogen and oxygen atoms in total. The first-order valence-electron chi connectivity index (χ1n) is 8.87. The lowest BCUT2D eigenvalue weighted by Crippen LogP contribution is -2.37. The Hall–Kier alpha value is -2.41. The average Bonchev–Trinajstić information content (AvgIpc) is 2.69. The largest absolute Gasteiger partial charge is 0.493 e. The zero-order valence-corrected chi connectivity index (χ0v) is 14.8. The molecule has 1 saturated heterocycles. The number of anilines is 1. The molecule has 0 saturated carbocycles. The van der Waals surface area contributed by atoms with E-state index in [1.165, 1.54) is 6.20 Å². The summed E-state index contributed by atoms with van der Waals surface area (Å²) in [6, 6.07) is 5.92. The molecule has 2 aliphatic heterocycles. The van der Waals surface area contributed by atoms with Crippen LogP contribution in [0.4, 0.5) is 10.2 Å². The third-order valence-corrected chi connectivity index (χ3v) is 4.81. The predicted octanol–water partition coefficient (Wildman–Crippen LogP) is 2.25. The lowest BCUT2D eigenvalue weighted by atomic mass is 9.93. The molecular formula is C19H22FN3O3. The third-order valence-electron chi connectivity index (χ3n) is 4.81. The smallest absolute Gasteiger partial charge is 0.183 e. The van der Waals surface area contributed by atoms with Crippen molar-refractivity contribution in [3.05, 3.63) is 41.6 Å². The molecule has 3 heterocycles. The normalized spacial score (nSPS) is 19.6. The molecule has 0 aliphatic carbocycles. The minimum absolute atomic E-state index is 0.248. The molecule has 4 rings (SSSR count). The Labute approximate surface area is 151 Å². The molecule has 0 radical (unpaired) electrons. The molecule has 1 atom stereocenters. The van der Waals surface area contributed by atoms with E-state index in [-0.39, 0.29) is 11.7 Å². The van der Waals surface area contributed by atoms with E-state index in [1.54, 1.807) is 7.11 Å². The number of rotatable bonds is 4. The number of morpholine rings is 1. The second-order valence-electron chi connectivity index (χ2n) is 6.59. The Kier molecular flexibility index (Phi) is 4.88. The number of hydrogen-bond donors (Lipinski definition) is 0. The number of nitrogens with zero attached hydrogens (tertiary/aromatic N) is 3. The maximum absolute atomic E-state index is 14.2. The summed E-state index contributed by atoms with van der Waals surface area (Å²) >= 11 is 0. The first-order chi connectivity index (χ1) is 12.7.